The van der Waals surface area contributed by atoms with E-state index in [1.54, 1.807) is 32.3 Å². The Bertz CT molecular complexity index is 935. The first-order valence-corrected chi connectivity index (χ1v) is 8.66. The van der Waals surface area contributed by atoms with Crippen molar-refractivity contribution in [2.75, 3.05) is 14.1 Å². The highest BCUT2D eigenvalue weighted by Crippen LogP contribution is 2.20. The van der Waals surface area contributed by atoms with Gasteiger partial charge in [0, 0.05) is 36.4 Å². The van der Waals surface area contributed by atoms with E-state index in [0.29, 0.717) is 17.1 Å². The summed E-state index contributed by atoms with van der Waals surface area (Å²) in [5.41, 5.74) is 2.20. The first kappa shape index (κ1) is 18.0. The van der Waals surface area contributed by atoms with E-state index in [1.165, 1.54) is 4.90 Å². The van der Waals surface area contributed by atoms with Crippen LogP contribution in [0, 0.1) is 0 Å². The van der Waals surface area contributed by atoms with Gasteiger partial charge in [-0.1, -0.05) is 41.9 Å². The highest BCUT2D eigenvalue weighted by molar-refractivity contribution is 6.31. The van der Waals surface area contributed by atoms with Gasteiger partial charge in [-0.15, -0.1) is 0 Å². The predicted octanol–water partition coefficient (Wildman–Crippen LogP) is 3.25. The van der Waals surface area contributed by atoms with E-state index in [4.69, 9.17) is 11.6 Å². The topological polar surface area (TPSA) is 65.2 Å². The van der Waals surface area contributed by atoms with E-state index in [9.17, 15) is 9.59 Å². The summed E-state index contributed by atoms with van der Waals surface area (Å²) in [4.78, 5) is 29.7. The fourth-order valence-electron chi connectivity index (χ4n) is 2.82. The molecule has 5 nitrogen and oxygen atoms in total. The number of carbonyl (C=O) groups excluding carboxylic acids is 2. The van der Waals surface area contributed by atoms with Crippen molar-refractivity contribution in [2.24, 2.45) is 0 Å². The summed E-state index contributed by atoms with van der Waals surface area (Å²) in [7, 11) is 3.36. The maximum Gasteiger partial charge on any atom is 0.268 e. The van der Waals surface area contributed by atoms with Crippen LogP contribution in [0.2, 0.25) is 5.02 Å². The van der Waals surface area contributed by atoms with Crippen LogP contribution in [0.25, 0.3) is 10.9 Å². The van der Waals surface area contributed by atoms with Crippen molar-refractivity contribution in [3.63, 3.8) is 0 Å². The molecule has 0 saturated carbocycles. The molecule has 0 saturated heterocycles. The molecular formula is C20H20ClN3O2. The number of H-pyrrole nitrogens is 1. The molecule has 1 heterocycles. The van der Waals surface area contributed by atoms with Gasteiger partial charge in [-0.3, -0.25) is 9.59 Å². The Morgan fingerprint density at radius 3 is 2.54 bits per heavy atom. The largest absolute Gasteiger partial charge is 0.351 e. The molecular weight excluding hydrogens is 350 g/mol. The summed E-state index contributed by atoms with van der Waals surface area (Å²) < 4.78 is 0. The van der Waals surface area contributed by atoms with Gasteiger partial charge in [-0.2, -0.15) is 0 Å². The number of carbonyl (C=O) groups is 2. The fraction of sp³-hybridized carbons (Fsp3) is 0.200. The lowest BCUT2D eigenvalue weighted by atomic mass is 10.0. The van der Waals surface area contributed by atoms with Gasteiger partial charge in [0.05, 0.1) is 0 Å². The zero-order valence-electron chi connectivity index (χ0n) is 14.6. The third-order valence-electron chi connectivity index (χ3n) is 4.15. The lowest BCUT2D eigenvalue weighted by molar-refractivity contribution is -0.130. The number of rotatable bonds is 5. The summed E-state index contributed by atoms with van der Waals surface area (Å²) in [5.74, 6) is -0.477. The minimum atomic E-state index is -0.644. The number of aromatic amines is 1. The number of hydrogen-bond donors (Lipinski definition) is 2. The standard InChI is InChI=1S/C20H20ClN3O2/c1-24(2)20(26)18(10-13-6-4-3-5-7-13)23-19(25)17-12-14-11-15(21)8-9-16(14)22-17/h3-9,11-12,18,22H,10H2,1-2H3,(H,23,25)/t18-/m1/s1. The zero-order valence-corrected chi connectivity index (χ0v) is 15.4. The highest BCUT2D eigenvalue weighted by Gasteiger charge is 2.24. The van der Waals surface area contributed by atoms with Crippen molar-refractivity contribution in [1.29, 1.82) is 0 Å². The Balaban J connectivity index is 1.82. The van der Waals surface area contributed by atoms with E-state index in [1.807, 2.05) is 36.4 Å². The molecule has 0 aliphatic carbocycles. The third kappa shape index (κ3) is 4.06. The SMILES string of the molecule is CN(C)C(=O)[C@@H](Cc1ccccc1)NC(=O)c1cc2cc(Cl)ccc2[nH]1. The van der Waals surface area contributed by atoms with Crippen LogP contribution < -0.4 is 5.32 Å². The van der Waals surface area contributed by atoms with Crippen molar-refractivity contribution < 1.29 is 9.59 Å². The second-order valence-corrected chi connectivity index (χ2v) is 6.80. The van der Waals surface area contributed by atoms with Gasteiger partial charge < -0.3 is 15.2 Å². The first-order chi connectivity index (χ1) is 12.4. The number of benzene rings is 2. The Morgan fingerprint density at radius 1 is 1.12 bits per heavy atom. The molecule has 2 N–H and O–H groups in total. The van der Waals surface area contributed by atoms with Crippen LogP contribution >= 0.6 is 11.6 Å². The molecule has 1 atom stereocenters. The molecule has 1 aromatic heterocycles. The molecule has 2 aromatic carbocycles. The van der Waals surface area contributed by atoms with Crippen LogP contribution in [-0.2, 0) is 11.2 Å². The van der Waals surface area contributed by atoms with Gasteiger partial charge in [0.25, 0.3) is 5.91 Å². The number of nitrogens with zero attached hydrogens (tertiary/aromatic N) is 1. The van der Waals surface area contributed by atoms with E-state index < -0.39 is 6.04 Å². The van der Waals surface area contributed by atoms with Crippen LogP contribution in [0.3, 0.4) is 0 Å². The average molecular weight is 370 g/mol. The van der Waals surface area contributed by atoms with Crippen LogP contribution in [-0.4, -0.2) is 41.8 Å². The van der Waals surface area contributed by atoms with Gasteiger partial charge in [-0.25, -0.2) is 0 Å². The minimum absolute atomic E-state index is 0.152. The second kappa shape index (κ2) is 7.62. The van der Waals surface area contributed by atoms with Crippen LogP contribution in [0.1, 0.15) is 16.1 Å². The van der Waals surface area contributed by atoms with E-state index in [-0.39, 0.29) is 11.8 Å². The first-order valence-electron chi connectivity index (χ1n) is 8.28. The lowest BCUT2D eigenvalue weighted by Gasteiger charge is -2.21. The third-order valence-corrected chi connectivity index (χ3v) is 4.39. The van der Waals surface area contributed by atoms with Crippen molar-refractivity contribution in [3.05, 3.63) is 70.9 Å². The zero-order chi connectivity index (χ0) is 18.7. The number of hydrogen-bond acceptors (Lipinski definition) is 2. The molecule has 0 aliphatic rings. The number of halogens is 1. The van der Waals surface area contributed by atoms with Gasteiger partial charge in [-0.05, 0) is 29.8 Å². The Morgan fingerprint density at radius 2 is 1.85 bits per heavy atom. The maximum absolute atomic E-state index is 12.7. The molecule has 3 rings (SSSR count). The van der Waals surface area contributed by atoms with Crippen LogP contribution in [0.4, 0.5) is 0 Å². The lowest BCUT2D eigenvalue weighted by Crippen LogP contribution is -2.47. The van der Waals surface area contributed by atoms with Gasteiger partial charge in [0.2, 0.25) is 5.91 Å². The summed E-state index contributed by atoms with van der Waals surface area (Å²) in [6.45, 7) is 0. The van der Waals surface area contributed by atoms with E-state index in [2.05, 4.69) is 10.3 Å². The van der Waals surface area contributed by atoms with Crippen molar-refractivity contribution in [3.8, 4) is 0 Å². The summed E-state index contributed by atoms with van der Waals surface area (Å²) in [6.07, 6.45) is 0.426. The summed E-state index contributed by atoms with van der Waals surface area (Å²) in [6, 6.07) is 16.1. The Labute approximate surface area is 157 Å². The van der Waals surface area contributed by atoms with E-state index in [0.717, 1.165) is 16.5 Å². The van der Waals surface area contributed by atoms with Crippen molar-refractivity contribution >= 4 is 34.3 Å². The van der Waals surface area contributed by atoms with Crippen LogP contribution in [0.5, 0.6) is 0 Å². The molecule has 0 spiro atoms. The molecule has 3 aromatic rings. The molecule has 0 radical (unpaired) electrons. The number of aromatic nitrogens is 1. The molecule has 0 fully saturated rings. The highest BCUT2D eigenvalue weighted by atomic mass is 35.5. The molecule has 0 unspecified atom stereocenters. The monoisotopic (exact) mass is 369 g/mol. The van der Waals surface area contributed by atoms with Gasteiger partial charge >= 0.3 is 0 Å². The van der Waals surface area contributed by atoms with Crippen molar-refractivity contribution in [2.45, 2.75) is 12.5 Å². The summed E-state index contributed by atoms with van der Waals surface area (Å²) in [5, 5.41) is 4.30. The Kier molecular flexibility index (Phi) is 5.28. The smallest absolute Gasteiger partial charge is 0.268 e. The number of nitrogens with one attached hydrogen (secondary N) is 2. The number of likely N-dealkylation sites (N-methyl/N-ethyl adjacent to an activating group) is 1. The quantitative estimate of drug-likeness (QED) is 0.725. The minimum Gasteiger partial charge on any atom is -0.351 e. The summed E-state index contributed by atoms with van der Waals surface area (Å²) >= 11 is 5.99. The average Bonchev–Trinajstić information content (AvgIpc) is 3.04. The number of amides is 2. The van der Waals surface area contributed by atoms with Crippen molar-refractivity contribution in [1.82, 2.24) is 15.2 Å². The normalized spacial score (nSPS) is 12.0. The molecule has 0 bridgehead atoms. The molecule has 6 heteroatoms. The van der Waals surface area contributed by atoms with Gasteiger partial charge in [0.15, 0.2) is 0 Å². The molecule has 0 aliphatic heterocycles. The Hall–Kier alpha value is -2.79. The number of fused-ring (bicyclic) bond motifs is 1. The second-order valence-electron chi connectivity index (χ2n) is 6.36. The molecule has 26 heavy (non-hydrogen) atoms. The molecule has 2 amide bonds. The van der Waals surface area contributed by atoms with Crippen LogP contribution in [0.15, 0.2) is 54.6 Å². The predicted molar refractivity (Wildman–Crippen MR) is 103 cm³/mol. The van der Waals surface area contributed by atoms with Gasteiger partial charge in [0.1, 0.15) is 11.7 Å². The fourth-order valence-corrected chi connectivity index (χ4v) is 3.00. The molecule has 134 valence electrons. The van der Waals surface area contributed by atoms with E-state index >= 15 is 0 Å². The maximum atomic E-state index is 12.7.